The zero-order valence-corrected chi connectivity index (χ0v) is 14.9. The van der Waals surface area contributed by atoms with Crippen LogP contribution in [0.25, 0.3) is 5.69 Å². The van der Waals surface area contributed by atoms with E-state index in [9.17, 15) is 9.59 Å². The number of esters is 1. The fourth-order valence-electron chi connectivity index (χ4n) is 3.19. The summed E-state index contributed by atoms with van der Waals surface area (Å²) in [6.07, 6.45) is 4.24. The highest BCUT2D eigenvalue weighted by Crippen LogP contribution is 2.30. The second kappa shape index (κ2) is 6.48. The van der Waals surface area contributed by atoms with E-state index in [-0.39, 0.29) is 17.7 Å². The van der Waals surface area contributed by atoms with Crippen LogP contribution in [0.4, 0.5) is 0 Å². The van der Waals surface area contributed by atoms with Gasteiger partial charge < -0.3 is 14.4 Å². The summed E-state index contributed by atoms with van der Waals surface area (Å²) < 4.78 is 12.5. The number of aromatic nitrogens is 2. The van der Waals surface area contributed by atoms with Crippen molar-refractivity contribution in [1.29, 1.82) is 0 Å². The molecule has 1 aromatic carbocycles. The van der Waals surface area contributed by atoms with Crippen molar-refractivity contribution in [3.05, 3.63) is 41.5 Å². The maximum atomic E-state index is 13.1. The molecule has 0 unspecified atom stereocenters. The third-order valence-corrected chi connectivity index (χ3v) is 4.67. The van der Waals surface area contributed by atoms with E-state index in [0.717, 1.165) is 19.3 Å². The van der Waals surface area contributed by atoms with E-state index in [1.807, 2.05) is 17.6 Å². The summed E-state index contributed by atoms with van der Waals surface area (Å²) in [4.78, 5) is 31.6. The van der Waals surface area contributed by atoms with Crippen LogP contribution >= 0.6 is 0 Å². The molecule has 0 N–H and O–H groups in total. The molecule has 0 saturated heterocycles. The zero-order chi connectivity index (χ0) is 18.3. The molecular weight excluding hydrogens is 334 g/mol. The number of nitrogens with zero attached hydrogens (tertiary/aromatic N) is 3. The summed E-state index contributed by atoms with van der Waals surface area (Å²) in [5.41, 5.74) is 2.20. The van der Waals surface area contributed by atoms with Gasteiger partial charge in [0.25, 0.3) is 5.91 Å². The van der Waals surface area contributed by atoms with Gasteiger partial charge in [0.05, 0.1) is 30.6 Å². The number of methoxy groups -OCH3 is 1. The average Bonchev–Trinajstić information content (AvgIpc) is 3.38. The molecular formula is C19H21N3O4. The van der Waals surface area contributed by atoms with Crippen LogP contribution in [0.15, 0.2) is 24.5 Å². The fraction of sp³-hybridized carbons (Fsp3) is 0.421. The number of imidazole rings is 1. The Morgan fingerprint density at radius 2 is 2.15 bits per heavy atom. The van der Waals surface area contributed by atoms with Crippen molar-refractivity contribution in [2.45, 2.75) is 38.8 Å². The predicted octanol–water partition coefficient (Wildman–Crippen LogP) is 2.57. The maximum Gasteiger partial charge on any atom is 0.359 e. The third-order valence-electron chi connectivity index (χ3n) is 4.67. The molecule has 2 aliphatic rings. The lowest BCUT2D eigenvalue weighted by atomic mass is 10.1. The Labute approximate surface area is 151 Å². The van der Waals surface area contributed by atoms with Gasteiger partial charge in [0.1, 0.15) is 18.2 Å². The smallest absolute Gasteiger partial charge is 0.359 e. The number of benzene rings is 1. The molecule has 7 heteroatoms. The minimum absolute atomic E-state index is 0.00977. The monoisotopic (exact) mass is 355 g/mol. The van der Waals surface area contributed by atoms with Crippen molar-refractivity contribution in [2.75, 3.05) is 13.7 Å². The van der Waals surface area contributed by atoms with Crippen LogP contribution in [0.5, 0.6) is 5.75 Å². The first-order valence-electron chi connectivity index (χ1n) is 8.87. The standard InChI is InChI=1S/C19H21N3O4/c1-3-8-21-10-16-17(19(24)26-12-4-5-12)20-11-22(16)15-7-6-13(25-2)9-14(15)18(21)23/h6-7,9,11-12H,3-5,8,10H2,1-2H3. The lowest BCUT2D eigenvalue weighted by Crippen LogP contribution is -2.31. The molecule has 1 aromatic heterocycles. The van der Waals surface area contributed by atoms with Crippen molar-refractivity contribution in [2.24, 2.45) is 0 Å². The molecule has 0 bridgehead atoms. The number of ether oxygens (including phenoxy) is 2. The minimum Gasteiger partial charge on any atom is -0.497 e. The molecule has 136 valence electrons. The van der Waals surface area contributed by atoms with E-state index < -0.39 is 5.97 Å². The SMILES string of the molecule is CCCN1Cc2c(C(=O)OC3CC3)ncn2-c2ccc(OC)cc2C1=O. The number of carbonyl (C=O) groups excluding carboxylic acids is 2. The number of hydrogen-bond acceptors (Lipinski definition) is 5. The van der Waals surface area contributed by atoms with E-state index in [1.165, 1.54) is 0 Å². The number of amides is 1. The quantitative estimate of drug-likeness (QED) is 0.771. The number of rotatable bonds is 5. The first-order valence-corrected chi connectivity index (χ1v) is 8.87. The van der Waals surface area contributed by atoms with Crippen molar-refractivity contribution < 1.29 is 19.1 Å². The fourth-order valence-corrected chi connectivity index (χ4v) is 3.19. The molecule has 1 amide bonds. The lowest BCUT2D eigenvalue weighted by Gasteiger charge is -2.20. The largest absolute Gasteiger partial charge is 0.497 e. The number of carbonyl (C=O) groups is 2. The highest BCUT2D eigenvalue weighted by Gasteiger charge is 2.33. The van der Waals surface area contributed by atoms with Crippen molar-refractivity contribution in [3.8, 4) is 11.4 Å². The summed E-state index contributed by atoms with van der Waals surface area (Å²) in [7, 11) is 1.57. The van der Waals surface area contributed by atoms with Gasteiger partial charge in [-0.2, -0.15) is 0 Å². The minimum atomic E-state index is -0.415. The molecule has 1 fully saturated rings. The van der Waals surface area contributed by atoms with Gasteiger partial charge in [-0.05, 0) is 37.5 Å². The van der Waals surface area contributed by atoms with Crippen LogP contribution in [0.1, 0.15) is 52.7 Å². The Hall–Kier alpha value is -2.83. The second-order valence-electron chi connectivity index (χ2n) is 6.62. The molecule has 2 heterocycles. The summed E-state index contributed by atoms with van der Waals surface area (Å²) >= 11 is 0. The third kappa shape index (κ3) is 2.83. The normalized spacial score (nSPS) is 15.9. The molecule has 0 atom stereocenters. The predicted molar refractivity (Wildman–Crippen MR) is 93.6 cm³/mol. The van der Waals surface area contributed by atoms with Gasteiger partial charge >= 0.3 is 5.97 Å². The van der Waals surface area contributed by atoms with Gasteiger partial charge in [-0.15, -0.1) is 0 Å². The molecule has 26 heavy (non-hydrogen) atoms. The second-order valence-corrected chi connectivity index (χ2v) is 6.62. The molecule has 2 aromatic rings. The molecule has 4 rings (SSSR count). The molecule has 1 saturated carbocycles. The Kier molecular flexibility index (Phi) is 4.14. The van der Waals surface area contributed by atoms with Crippen LogP contribution in [0, 0.1) is 0 Å². The van der Waals surface area contributed by atoms with Crippen LogP contribution in [0.3, 0.4) is 0 Å². The average molecular weight is 355 g/mol. The highest BCUT2D eigenvalue weighted by atomic mass is 16.5. The van der Waals surface area contributed by atoms with E-state index >= 15 is 0 Å². The Morgan fingerprint density at radius 3 is 2.85 bits per heavy atom. The first-order chi connectivity index (χ1) is 12.6. The van der Waals surface area contributed by atoms with E-state index in [4.69, 9.17) is 9.47 Å². The summed E-state index contributed by atoms with van der Waals surface area (Å²) in [5, 5.41) is 0. The van der Waals surface area contributed by atoms with E-state index in [0.29, 0.717) is 35.8 Å². The molecule has 0 radical (unpaired) electrons. The molecule has 7 nitrogen and oxygen atoms in total. The van der Waals surface area contributed by atoms with Gasteiger partial charge in [-0.25, -0.2) is 9.78 Å². The molecule has 0 spiro atoms. The van der Waals surface area contributed by atoms with Gasteiger partial charge in [0.15, 0.2) is 5.69 Å². The van der Waals surface area contributed by atoms with E-state index in [1.54, 1.807) is 30.5 Å². The summed E-state index contributed by atoms with van der Waals surface area (Å²) in [5.74, 6) is 0.124. The van der Waals surface area contributed by atoms with Crippen molar-refractivity contribution in [1.82, 2.24) is 14.5 Å². The van der Waals surface area contributed by atoms with Crippen LogP contribution in [-0.2, 0) is 11.3 Å². The Morgan fingerprint density at radius 1 is 1.35 bits per heavy atom. The zero-order valence-electron chi connectivity index (χ0n) is 14.9. The van der Waals surface area contributed by atoms with Crippen LogP contribution in [0.2, 0.25) is 0 Å². The Bertz CT molecular complexity index is 870. The maximum absolute atomic E-state index is 13.1. The molecule has 1 aliphatic carbocycles. The first kappa shape index (κ1) is 16.6. The number of hydrogen-bond donors (Lipinski definition) is 0. The van der Waals surface area contributed by atoms with Crippen LogP contribution in [-0.4, -0.2) is 46.1 Å². The van der Waals surface area contributed by atoms with Gasteiger partial charge in [-0.1, -0.05) is 6.92 Å². The Balaban J connectivity index is 1.82. The molecule has 1 aliphatic heterocycles. The summed E-state index contributed by atoms with van der Waals surface area (Å²) in [6.45, 7) is 2.93. The van der Waals surface area contributed by atoms with E-state index in [2.05, 4.69) is 4.98 Å². The van der Waals surface area contributed by atoms with Crippen molar-refractivity contribution >= 4 is 11.9 Å². The van der Waals surface area contributed by atoms with Gasteiger partial charge in [0, 0.05) is 6.54 Å². The summed E-state index contributed by atoms with van der Waals surface area (Å²) in [6, 6.07) is 5.36. The number of fused-ring (bicyclic) bond motifs is 3. The topological polar surface area (TPSA) is 73.7 Å². The van der Waals surface area contributed by atoms with Crippen LogP contribution < -0.4 is 4.74 Å². The van der Waals surface area contributed by atoms with Gasteiger partial charge in [-0.3, -0.25) is 9.36 Å². The highest BCUT2D eigenvalue weighted by molar-refractivity contribution is 5.99. The lowest BCUT2D eigenvalue weighted by molar-refractivity contribution is 0.0461. The van der Waals surface area contributed by atoms with Gasteiger partial charge in [0.2, 0.25) is 0 Å². The van der Waals surface area contributed by atoms with Crippen molar-refractivity contribution in [3.63, 3.8) is 0 Å².